The molecule has 1 heterocycles. The third-order valence-electron chi connectivity index (χ3n) is 4.81. The summed E-state index contributed by atoms with van der Waals surface area (Å²) in [7, 11) is 0. The molecule has 156 valence electrons. The Labute approximate surface area is 198 Å². The molecule has 3 aromatic rings. The molecule has 1 saturated heterocycles. The highest BCUT2D eigenvalue weighted by Crippen LogP contribution is 2.34. The Morgan fingerprint density at radius 1 is 0.968 bits per heavy atom. The summed E-state index contributed by atoms with van der Waals surface area (Å²) in [6.07, 6.45) is 0.482. The maximum Gasteiger partial charge on any atom is 0.247 e. The van der Waals surface area contributed by atoms with Gasteiger partial charge in [-0.3, -0.25) is 14.4 Å². The van der Waals surface area contributed by atoms with E-state index in [0.29, 0.717) is 17.8 Å². The molecule has 3 aromatic carbocycles. The number of imide groups is 1. The quantitative estimate of drug-likeness (QED) is 0.356. The van der Waals surface area contributed by atoms with Crippen LogP contribution in [-0.4, -0.2) is 23.0 Å². The van der Waals surface area contributed by atoms with Gasteiger partial charge in [-0.25, -0.2) is 4.90 Å². The molecule has 1 N–H and O–H groups in total. The van der Waals surface area contributed by atoms with Gasteiger partial charge in [-0.05, 0) is 76.7 Å². The summed E-state index contributed by atoms with van der Waals surface area (Å²) in [5, 5.41) is 2.43. The number of halogens is 1. The van der Waals surface area contributed by atoms with E-state index in [2.05, 4.69) is 27.9 Å². The Bertz CT molecular complexity index is 1100. The van der Waals surface area contributed by atoms with Crippen molar-refractivity contribution in [1.29, 1.82) is 0 Å². The van der Waals surface area contributed by atoms with Crippen molar-refractivity contribution in [2.75, 3.05) is 10.2 Å². The van der Waals surface area contributed by atoms with Gasteiger partial charge in [0, 0.05) is 20.6 Å². The van der Waals surface area contributed by atoms with Gasteiger partial charge in [0.25, 0.3) is 0 Å². The minimum atomic E-state index is -0.453. The number of hydrogen-bond acceptors (Lipinski definition) is 4. The molecule has 0 saturated carbocycles. The fourth-order valence-corrected chi connectivity index (χ4v) is 4.74. The number of anilines is 2. The summed E-state index contributed by atoms with van der Waals surface area (Å²) in [6, 6.07) is 24.2. The van der Waals surface area contributed by atoms with Crippen LogP contribution in [0.15, 0.2) is 83.8 Å². The molecule has 0 radical (unpaired) electrons. The first kappa shape index (κ1) is 21.6. The van der Waals surface area contributed by atoms with Gasteiger partial charge < -0.3 is 5.32 Å². The topological polar surface area (TPSA) is 66.5 Å². The van der Waals surface area contributed by atoms with Gasteiger partial charge in [-0.15, -0.1) is 11.8 Å². The average Bonchev–Trinajstić information content (AvgIpc) is 3.04. The van der Waals surface area contributed by atoms with Crippen LogP contribution in [0.5, 0.6) is 0 Å². The Kier molecular flexibility index (Phi) is 6.72. The molecule has 1 fully saturated rings. The van der Waals surface area contributed by atoms with Crippen LogP contribution >= 0.6 is 34.4 Å². The second-order valence-electron chi connectivity index (χ2n) is 7.09. The average molecular weight is 542 g/mol. The van der Waals surface area contributed by atoms with E-state index in [9.17, 15) is 14.4 Å². The normalized spacial score (nSPS) is 15.9. The maximum absolute atomic E-state index is 12.8. The molecule has 3 amide bonds. The Morgan fingerprint density at radius 2 is 1.65 bits per heavy atom. The van der Waals surface area contributed by atoms with E-state index in [1.807, 2.05) is 66.7 Å². The Hall–Kier alpha value is -2.65. The van der Waals surface area contributed by atoms with Gasteiger partial charge in [-0.2, -0.15) is 0 Å². The number of hydrogen-bond donors (Lipinski definition) is 1. The van der Waals surface area contributed by atoms with Crippen LogP contribution in [-0.2, 0) is 20.8 Å². The third kappa shape index (κ3) is 5.34. The van der Waals surface area contributed by atoms with Gasteiger partial charge in [0.05, 0.1) is 17.4 Å². The minimum absolute atomic E-state index is 0.0867. The van der Waals surface area contributed by atoms with Crippen LogP contribution in [0.25, 0.3) is 0 Å². The lowest BCUT2D eigenvalue weighted by atomic mass is 10.1. The monoisotopic (exact) mass is 542 g/mol. The highest BCUT2D eigenvalue weighted by molar-refractivity contribution is 14.1. The largest absolute Gasteiger partial charge is 0.326 e. The van der Waals surface area contributed by atoms with Crippen molar-refractivity contribution in [3.05, 3.63) is 88.0 Å². The first-order valence-electron chi connectivity index (χ1n) is 9.72. The first-order chi connectivity index (χ1) is 15.0. The van der Waals surface area contributed by atoms with Gasteiger partial charge in [0.1, 0.15) is 0 Å². The smallest absolute Gasteiger partial charge is 0.247 e. The standard InChI is InChI=1S/C24H19IN2O3S/c25-17-6-10-19(11-7-17)27-23(29)15-21(24(27)30)31-20-12-8-18(9-13-20)26-22(28)14-16-4-2-1-3-5-16/h1-13,21H,14-15H2,(H,26,28). The number of carbonyl (C=O) groups excluding carboxylic acids is 3. The molecule has 0 bridgehead atoms. The summed E-state index contributed by atoms with van der Waals surface area (Å²) >= 11 is 3.55. The van der Waals surface area contributed by atoms with E-state index in [1.165, 1.54) is 16.7 Å². The van der Waals surface area contributed by atoms with Gasteiger partial charge in [0.15, 0.2) is 0 Å². The second-order valence-corrected chi connectivity index (χ2v) is 9.61. The second kappa shape index (κ2) is 9.65. The molecule has 1 aliphatic heterocycles. The summed E-state index contributed by atoms with van der Waals surface area (Å²) in [4.78, 5) is 39.6. The lowest BCUT2D eigenvalue weighted by molar-refractivity contribution is -0.121. The van der Waals surface area contributed by atoms with Crippen molar-refractivity contribution in [3.8, 4) is 0 Å². The zero-order valence-corrected chi connectivity index (χ0v) is 19.4. The summed E-state index contributed by atoms with van der Waals surface area (Å²) in [5.74, 6) is -0.471. The van der Waals surface area contributed by atoms with Crippen molar-refractivity contribution < 1.29 is 14.4 Å². The molecule has 0 aliphatic carbocycles. The fraction of sp³-hybridized carbons (Fsp3) is 0.125. The predicted molar refractivity (Wildman–Crippen MR) is 131 cm³/mol. The number of rotatable bonds is 6. The zero-order valence-electron chi connectivity index (χ0n) is 16.5. The van der Waals surface area contributed by atoms with E-state index in [0.717, 1.165) is 14.0 Å². The van der Waals surface area contributed by atoms with Crippen molar-refractivity contribution in [2.24, 2.45) is 0 Å². The van der Waals surface area contributed by atoms with Gasteiger partial charge >= 0.3 is 0 Å². The van der Waals surface area contributed by atoms with Gasteiger partial charge in [0.2, 0.25) is 17.7 Å². The molecule has 31 heavy (non-hydrogen) atoms. The molecular formula is C24H19IN2O3S. The van der Waals surface area contributed by atoms with Crippen LogP contribution in [0.1, 0.15) is 12.0 Å². The number of nitrogens with zero attached hydrogens (tertiary/aromatic N) is 1. The Balaban J connectivity index is 1.36. The minimum Gasteiger partial charge on any atom is -0.326 e. The summed E-state index contributed by atoms with van der Waals surface area (Å²) in [5.41, 5.74) is 2.25. The van der Waals surface area contributed by atoms with Crippen LogP contribution in [0.3, 0.4) is 0 Å². The zero-order chi connectivity index (χ0) is 21.8. The van der Waals surface area contributed by atoms with Crippen LogP contribution < -0.4 is 10.2 Å². The predicted octanol–water partition coefficient (Wildman–Crippen LogP) is 4.90. The van der Waals surface area contributed by atoms with E-state index >= 15 is 0 Å². The number of thioether (sulfide) groups is 1. The maximum atomic E-state index is 12.8. The molecule has 7 heteroatoms. The molecule has 0 spiro atoms. The third-order valence-corrected chi connectivity index (χ3v) is 6.73. The molecule has 1 aliphatic rings. The molecule has 1 unspecified atom stereocenters. The lowest BCUT2D eigenvalue weighted by Crippen LogP contribution is -2.31. The van der Waals surface area contributed by atoms with Crippen molar-refractivity contribution in [1.82, 2.24) is 0 Å². The molecule has 0 aromatic heterocycles. The SMILES string of the molecule is O=C(Cc1ccccc1)Nc1ccc(SC2CC(=O)N(c3ccc(I)cc3)C2=O)cc1. The number of amides is 3. The van der Waals surface area contributed by atoms with Crippen molar-refractivity contribution in [3.63, 3.8) is 0 Å². The van der Waals surface area contributed by atoms with E-state index in [-0.39, 0.29) is 24.1 Å². The molecular weight excluding hydrogens is 523 g/mol. The lowest BCUT2D eigenvalue weighted by Gasteiger charge is -2.15. The molecule has 5 nitrogen and oxygen atoms in total. The van der Waals surface area contributed by atoms with E-state index in [4.69, 9.17) is 0 Å². The number of benzene rings is 3. The molecule has 1 atom stereocenters. The van der Waals surface area contributed by atoms with Crippen molar-refractivity contribution >= 4 is 63.4 Å². The first-order valence-corrected chi connectivity index (χ1v) is 11.7. The molecule has 4 rings (SSSR count). The van der Waals surface area contributed by atoms with Gasteiger partial charge in [-0.1, -0.05) is 30.3 Å². The summed E-state index contributed by atoms with van der Waals surface area (Å²) < 4.78 is 1.04. The highest BCUT2D eigenvalue weighted by Gasteiger charge is 2.40. The van der Waals surface area contributed by atoms with Crippen molar-refractivity contribution in [2.45, 2.75) is 23.0 Å². The van der Waals surface area contributed by atoms with Crippen LogP contribution in [0, 0.1) is 3.57 Å². The van der Waals surface area contributed by atoms with E-state index in [1.54, 1.807) is 12.1 Å². The Morgan fingerprint density at radius 3 is 2.32 bits per heavy atom. The van der Waals surface area contributed by atoms with E-state index < -0.39 is 5.25 Å². The number of nitrogens with one attached hydrogen (secondary N) is 1. The fourth-order valence-electron chi connectivity index (χ4n) is 3.33. The number of carbonyl (C=O) groups is 3. The highest BCUT2D eigenvalue weighted by atomic mass is 127. The summed E-state index contributed by atoms with van der Waals surface area (Å²) in [6.45, 7) is 0. The van der Waals surface area contributed by atoms with Crippen LogP contribution in [0.2, 0.25) is 0 Å². The van der Waals surface area contributed by atoms with Crippen LogP contribution in [0.4, 0.5) is 11.4 Å².